The SMILES string of the molecule is O=C1c2c3c4c5c6c7c8c9c(c%10c(=O)c%11c%12c2c2c%13c3c3c%14c4c7c4c7c8c8c%15c9c9c%10c%11c%10c%11c%12c2c2c%12c%13c3c3c(c%144)c4c7c8c7c8c%15c9c%10c9c%11c2c2c%12c3c4c7c2c89)C6(c2ccccc2)C(c2ccccc2)=NC15c1ccccn1. The zero-order valence-electron chi connectivity index (χ0n) is 42.8. The average molecular weight is 1040 g/mol. The van der Waals surface area contributed by atoms with Gasteiger partial charge in [0.1, 0.15) is 0 Å². The summed E-state index contributed by atoms with van der Waals surface area (Å²) in [6, 6.07) is 28.4. The number of Topliss-reactive ketones (excluding diaryl/α,β-unsaturated/α-hetero) is 1. The van der Waals surface area contributed by atoms with Gasteiger partial charge in [0, 0.05) is 184 Å². The lowest BCUT2D eigenvalue weighted by molar-refractivity contribution is 0.0914. The summed E-state index contributed by atoms with van der Waals surface area (Å²) in [4.78, 5) is 49.0. The molecule has 4 heteroatoms. The molecule has 2 atom stereocenters. The fraction of sp³-hybridized carbons (Fsp3) is 0.0250. The second-order valence-corrected chi connectivity index (χ2v) is 28.3. The van der Waals surface area contributed by atoms with Crippen molar-refractivity contribution >= 4 is 302 Å². The minimum atomic E-state index is -1.62. The summed E-state index contributed by atoms with van der Waals surface area (Å²) in [5.41, 5.74) is 4.83. The molecule has 0 spiro atoms. The predicted molar refractivity (Wildman–Crippen MR) is 347 cm³/mol. The number of hydrogen-bond acceptors (Lipinski definition) is 4. The van der Waals surface area contributed by atoms with Gasteiger partial charge < -0.3 is 0 Å². The molecule has 0 bridgehead atoms. The van der Waals surface area contributed by atoms with Gasteiger partial charge in [-0.1, -0.05) is 66.7 Å². The highest BCUT2D eigenvalue weighted by atomic mass is 16.1. The van der Waals surface area contributed by atoms with E-state index >= 15 is 9.59 Å². The highest BCUT2D eigenvalue weighted by Gasteiger charge is 2.64. The zero-order chi connectivity index (χ0) is 51.3. The molecule has 1 aromatic heterocycles. The van der Waals surface area contributed by atoms with Crippen LogP contribution < -0.4 is 5.43 Å². The van der Waals surface area contributed by atoms with Crippen molar-refractivity contribution in [1.82, 2.24) is 4.98 Å². The fourth-order valence-corrected chi connectivity index (χ4v) is 26.1. The molecular formula is C80H14N2O2. The number of carbonyl (C=O) groups is 1. The van der Waals surface area contributed by atoms with E-state index in [-0.39, 0.29) is 11.2 Å². The number of benzene rings is 20. The first kappa shape index (κ1) is 33.7. The van der Waals surface area contributed by atoms with Crippen LogP contribution in [0.1, 0.15) is 43.9 Å². The van der Waals surface area contributed by atoms with Crippen molar-refractivity contribution in [3.05, 3.63) is 134 Å². The summed E-state index contributed by atoms with van der Waals surface area (Å²) in [6.45, 7) is 0. The number of fused-ring (bicyclic) bond motifs is 5. The summed E-state index contributed by atoms with van der Waals surface area (Å²) in [6.07, 6.45) is 1.90. The Morgan fingerprint density at radius 2 is 0.571 bits per heavy atom. The van der Waals surface area contributed by atoms with Crippen molar-refractivity contribution in [1.29, 1.82) is 0 Å². The van der Waals surface area contributed by atoms with Crippen LogP contribution in [0.25, 0.3) is 291 Å². The number of aliphatic imine (C=N–C) groups is 1. The van der Waals surface area contributed by atoms with Crippen molar-refractivity contribution in [2.45, 2.75) is 11.0 Å². The number of aromatic nitrogens is 1. The van der Waals surface area contributed by atoms with Gasteiger partial charge in [-0.25, -0.2) is 0 Å². The van der Waals surface area contributed by atoms with Gasteiger partial charge in [0.2, 0.25) is 5.78 Å². The Labute approximate surface area is 459 Å². The normalized spacial score (nSPS) is 20.4. The van der Waals surface area contributed by atoms with Crippen molar-refractivity contribution in [2.75, 3.05) is 0 Å². The monoisotopic (exact) mass is 1030 g/mol. The van der Waals surface area contributed by atoms with E-state index in [4.69, 9.17) is 9.98 Å². The maximum atomic E-state index is 18.6. The summed E-state index contributed by atoms with van der Waals surface area (Å²) in [5.74, 6) is -0.00839. The van der Waals surface area contributed by atoms with E-state index in [0.717, 1.165) is 76.8 Å². The molecule has 4 nitrogen and oxygen atoms in total. The van der Waals surface area contributed by atoms with Gasteiger partial charge in [-0.15, -0.1) is 0 Å². The second kappa shape index (κ2) is 8.33. The van der Waals surface area contributed by atoms with Gasteiger partial charge in [-0.2, -0.15) is 0 Å². The molecule has 30 aromatic carbocycles. The Hall–Kier alpha value is -10.9. The molecular weight excluding hydrogens is 1020 g/mol. The molecule has 0 saturated heterocycles. The third-order valence-electron chi connectivity index (χ3n) is 27.0. The van der Waals surface area contributed by atoms with Crippen molar-refractivity contribution < 1.29 is 4.79 Å². The molecule has 2 heterocycles. The average Bonchev–Trinajstić information content (AvgIpc) is 1.38. The smallest absolute Gasteiger partial charge is 0.202 e. The van der Waals surface area contributed by atoms with Crippen LogP contribution in [0.15, 0.2) is 94.8 Å². The Kier molecular flexibility index (Phi) is 3.34. The van der Waals surface area contributed by atoms with Crippen molar-refractivity contribution in [3.63, 3.8) is 0 Å². The predicted octanol–water partition coefficient (Wildman–Crippen LogP) is 19.4. The first-order chi connectivity index (χ1) is 41.7. The molecule has 2 unspecified atom stereocenters. The molecule has 31 aromatic rings. The number of ketones is 1. The van der Waals surface area contributed by atoms with Crippen molar-refractivity contribution in [2.24, 2.45) is 4.99 Å². The molecule has 3 aliphatic rings. The lowest BCUT2D eigenvalue weighted by Crippen LogP contribution is -2.52. The highest BCUT2D eigenvalue weighted by molar-refractivity contribution is 6.82. The van der Waals surface area contributed by atoms with Gasteiger partial charge >= 0.3 is 0 Å². The number of rotatable bonds is 3. The molecule has 84 heavy (non-hydrogen) atoms. The van der Waals surface area contributed by atoms with Crippen LogP contribution in [0.2, 0.25) is 0 Å². The Bertz CT molecular complexity index is 8680. The first-order valence-corrected chi connectivity index (χ1v) is 30.2. The number of pyridine rings is 1. The zero-order valence-corrected chi connectivity index (χ0v) is 42.8. The van der Waals surface area contributed by atoms with E-state index in [9.17, 15) is 0 Å². The number of nitrogens with zero attached hydrogens (tertiary/aromatic N) is 2. The van der Waals surface area contributed by atoms with Crippen LogP contribution in [0.5, 0.6) is 0 Å². The molecule has 0 fully saturated rings. The summed E-state index contributed by atoms with van der Waals surface area (Å²) in [5, 5.41) is 73.1. The lowest BCUT2D eigenvalue weighted by Gasteiger charge is -2.51. The molecule has 0 N–H and O–H groups in total. The fourth-order valence-electron chi connectivity index (χ4n) is 26.1. The third kappa shape index (κ3) is 2.05. The van der Waals surface area contributed by atoms with Crippen LogP contribution >= 0.6 is 0 Å². The summed E-state index contributed by atoms with van der Waals surface area (Å²) >= 11 is 0. The van der Waals surface area contributed by atoms with Crippen molar-refractivity contribution in [3.8, 4) is 0 Å². The molecule has 1 aliphatic heterocycles. The van der Waals surface area contributed by atoms with Gasteiger partial charge in [0.25, 0.3) is 0 Å². The lowest BCUT2D eigenvalue weighted by atomic mass is 9.52. The molecule has 34 rings (SSSR count). The third-order valence-corrected chi connectivity index (χ3v) is 27.0. The summed E-state index contributed by atoms with van der Waals surface area (Å²) in [7, 11) is 0. The number of carbonyl (C=O) groups excluding carboxylic acids is 1. The van der Waals surface area contributed by atoms with Gasteiger partial charge in [0.15, 0.2) is 11.0 Å². The quantitative estimate of drug-likeness (QED) is 0.166. The minimum Gasteiger partial charge on any atom is -0.290 e. The van der Waals surface area contributed by atoms with Crippen LogP contribution in [0, 0.1) is 0 Å². The molecule has 0 radical (unpaired) electrons. The van der Waals surface area contributed by atoms with Crippen LogP contribution in [0.3, 0.4) is 0 Å². The van der Waals surface area contributed by atoms with Crippen LogP contribution in [-0.4, -0.2) is 16.5 Å². The van der Waals surface area contributed by atoms with E-state index in [1.54, 1.807) is 0 Å². The maximum Gasteiger partial charge on any atom is 0.202 e. The van der Waals surface area contributed by atoms with E-state index in [2.05, 4.69) is 72.8 Å². The Balaban J connectivity index is 1.13. The van der Waals surface area contributed by atoms with E-state index in [1.165, 1.54) is 253 Å². The summed E-state index contributed by atoms with van der Waals surface area (Å²) < 4.78 is 0. The standard InChI is InChI=1S/C80H14N2O2/c83-76-70-61-52-46-36-28-22-18-19-20-21-23(22)29-37(28)47(52)54-48-38(29)35-27(21)32-26(20)34-33-25(19)30-24(18)31(36)40-41-39(30)49-43(33)55-44(34)50-42(32)51-45(35)56(48)66-69-60(51)59(50)68-65(55)67-58(49)57(41)64(62(70)53(40)46)72(76)73(67)79(16-11-5-2-6-12-16)74(68)75(69)80(17-13-7-8-14-81-17,78(84)71(66)63(54)61)82-77(79)15-9-3-1-4-10-15/h1-14H. The van der Waals surface area contributed by atoms with E-state index in [1.807, 2.05) is 12.3 Å². The van der Waals surface area contributed by atoms with Gasteiger partial charge in [-0.3, -0.25) is 19.6 Å². The van der Waals surface area contributed by atoms with Crippen LogP contribution in [-0.2, 0) is 11.0 Å². The molecule has 2 aliphatic carbocycles. The van der Waals surface area contributed by atoms with Crippen LogP contribution in [0.4, 0.5) is 0 Å². The second-order valence-electron chi connectivity index (χ2n) is 28.3. The maximum absolute atomic E-state index is 18.6. The first-order valence-electron chi connectivity index (χ1n) is 30.2. The highest BCUT2D eigenvalue weighted by Crippen LogP contribution is 2.80. The molecule has 0 amide bonds. The Morgan fingerprint density at radius 1 is 0.262 bits per heavy atom. The van der Waals surface area contributed by atoms with E-state index < -0.39 is 11.0 Å². The molecule has 0 saturated carbocycles. The van der Waals surface area contributed by atoms with Gasteiger partial charge in [0.05, 0.1) is 16.8 Å². The minimum absolute atomic E-state index is 0.00839. The largest absolute Gasteiger partial charge is 0.290 e. The van der Waals surface area contributed by atoms with E-state index in [0.29, 0.717) is 5.69 Å². The number of hydrogen-bond donors (Lipinski definition) is 0. The Morgan fingerprint density at radius 3 is 0.988 bits per heavy atom. The topological polar surface area (TPSA) is 59.4 Å². The van der Waals surface area contributed by atoms with Gasteiger partial charge in [-0.05, 0) is 158 Å². The molecule has 356 valence electrons.